The zero-order valence-corrected chi connectivity index (χ0v) is 8.19. The molecule has 0 saturated carbocycles. The van der Waals surface area contributed by atoms with Gasteiger partial charge in [0.25, 0.3) is 0 Å². The molecule has 74 valence electrons. The van der Waals surface area contributed by atoms with Crippen molar-refractivity contribution < 1.29 is 9.84 Å². The van der Waals surface area contributed by atoms with Gasteiger partial charge in [0.15, 0.2) is 0 Å². The van der Waals surface area contributed by atoms with E-state index in [0.717, 1.165) is 16.5 Å². The number of benzene rings is 2. The lowest BCUT2D eigenvalue weighted by Crippen LogP contribution is -1.85. The summed E-state index contributed by atoms with van der Waals surface area (Å²) in [6, 6.07) is 10.6. The van der Waals surface area contributed by atoms with E-state index in [-0.39, 0.29) is 5.75 Å². The number of phenols is 1. The molecular weight excluding hydrogens is 190 g/mol. The van der Waals surface area contributed by atoms with Gasteiger partial charge in [-0.05, 0) is 29.7 Å². The van der Waals surface area contributed by atoms with Crippen molar-refractivity contribution in [3.63, 3.8) is 0 Å². The second kappa shape index (κ2) is 3.50. The average molecular weight is 199 g/mol. The van der Waals surface area contributed by atoms with Crippen LogP contribution in [0, 0.1) is 11.3 Å². The summed E-state index contributed by atoms with van der Waals surface area (Å²) in [6.45, 7) is 0. The van der Waals surface area contributed by atoms with Gasteiger partial charge >= 0.3 is 0 Å². The fraction of sp³-hybridized carbons (Fsp3) is 0.0833. The Labute approximate surface area is 87.1 Å². The standard InChI is InChI=1S/C12H9NO2/c1-15-9-3-4-10-8(6-9)2-5-12(14)11(10)7-13/h2-6,14H,1H3. The van der Waals surface area contributed by atoms with Crippen molar-refractivity contribution in [2.24, 2.45) is 0 Å². The summed E-state index contributed by atoms with van der Waals surface area (Å²) in [4.78, 5) is 0. The highest BCUT2D eigenvalue weighted by atomic mass is 16.5. The molecule has 0 spiro atoms. The number of aromatic hydroxyl groups is 1. The van der Waals surface area contributed by atoms with Gasteiger partial charge in [-0.15, -0.1) is 0 Å². The molecule has 0 atom stereocenters. The lowest BCUT2D eigenvalue weighted by molar-refractivity contribution is 0.415. The lowest BCUT2D eigenvalue weighted by atomic mass is 10.0. The summed E-state index contributed by atoms with van der Waals surface area (Å²) >= 11 is 0. The molecule has 0 bridgehead atoms. The minimum atomic E-state index is 0.00941. The highest BCUT2D eigenvalue weighted by Gasteiger charge is 2.06. The van der Waals surface area contributed by atoms with Gasteiger partial charge in [0.2, 0.25) is 0 Å². The predicted octanol–water partition coefficient (Wildman–Crippen LogP) is 2.43. The van der Waals surface area contributed by atoms with Gasteiger partial charge in [-0.3, -0.25) is 0 Å². The van der Waals surface area contributed by atoms with Crippen molar-refractivity contribution >= 4 is 10.8 Å². The first kappa shape index (κ1) is 9.35. The molecule has 0 fully saturated rings. The number of methoxy groups -OCH3 is 1. The Kier molecular flexibility index (Phi) is 2.18. The van der Waals surface area contributed by atoms with Gasteiger partial charge in [-0.1, -0.05) is 6.07 Å². The van der Waals surface area contributed by atoms with E-state index in [1.165, 1.54) is 6.07 Å². The highest BCUT2D eigenvalue weighted by molar-refractivity contribution is 5.91. The van der Waals surface area contributed by atoms with Gasteiger partial charge in [-0.25, -0.2) is 0 Å². The molecular formula is C12H9NO2. The maximum atomic E-state index is 9.48. The normalized spacial score (nSPS) is 9.87. The summed E-state index contributed by atoms with van der Waals surface area (Å²) in [5, 5.41) is 20.0. The predicted molar refractivity (Wildman–Crippen MR) is 56.9 cm³/mol. The Bertz CT molecular complexity index is 555. The molecule has 2 rings (SSSR count). The molecule has 0 aliphatic carbocycles. The molecule has 2 aromatic carbocycles. The molecule has 0 heterocycles. The smallest absolute Gasteiger partial charge is 0.133 e. The minimum Gasteiger partial charge on any atom is -0.507 e. The number of phenolic OH excluding ortho intramolecular Hbond substituents is 1. The fourth-order valence-electron chi connectivity index (χ4n) is 1.54. The number of nitriles is 1. The number of nitrogens with zero attached hydrogens (tertiary/aromatic N) is 1. The zero-order chi connectivity index (χ0) is 10.8. The van der Waals surface area contributed by atoms with E-state index in [9.17, 15) is 5.11 Å². The monoisotopic (exact) mass is 199 g/mol. The Morgan fingerprint density at radius 3 is 2.73 bits per heavy atom. The van der Waals surface area contributed by atoms with Crippen molar-refractivity contribution in [3.05, 3.63) is 35.9 Å². The number of hydrogen-bond donors (Lipinski definition) is 1. The summed E-state index contributed by atoms with van der Waals surface area (Å²) in [5.74, 6) is 0.743. The first-order chi connectivity index (χ1) is 7.26. The second-order valence-electron chi connectivity index (χ2n) is 3.16. The summed E-state index contributed by atoms with van der Waals surface area (Å²) in [5.41, 5.74) is 0.301. The molecule has 2 aromatic rings. The third-order valence-electron chi connectivity index (χ3n) is 2.32. The van der Waals surface area contributed by atoms with Crippen LogP contribution in [0.3, 0.4) is 0 Å². The molecule has 0 aliphatic heterocycles. The zero-order valence-electron chi connectivity index (χ0n) is 8.19. The molecule has 0 amide bonds. The van der Waals surface area contributed by atoms with Crippen LogP contribution in [0.15, 0.2) is 30.3 Å². The van der Waals surface area contributed by atoms with Crippen LogP contribution in [0.4, 0.5) is 0 Å². The number of fused-ring (bicyclic) bond motifs is 1. The van der Waals surface area contributed by atoms with Crippen molar-refractivity contribution in [2.45, 2.75) is 0 Å². The van der Waals surface area contributed by atoms with E-state index >= 15 is 0 Å². The van der Waals surface area contributed by atoms with Crippen LogP contribution in [-0.2, 0) is 0 Å². The molecule has 0 aromatic heterocycles. The average Bonchev–Trinajstić information content (AvgIpc) is 2.28. The van der Waals surface area contributed by atoms with Crippen LogP contribution >= 0.6 is 0 Å². The Morgan fingerprint density at radius 1 is 1.27 bits per heavy atom. The van der Waals surface area contributed by atoms with Crippen LogP contribution in [-0.4, -0.2) is 12.2 Å². The molecule has 15 heavy (non-hydrogen) atoms. The fourth-order valence-corrected chi connectivity index (χ4v) is 1.54. The molecule has 3 nitrogen and oxygen atoms in total. The van der Waals surface area contributed by atoms with Crippen molar-refractivity contribution in [2.75, 3.05) is 7.11 Å². The topological polar surface area (TPSA) is 53.2 Å². The molecule has 0 saturated heterocycles. The number of ether oxygens (including phenoxy) is 1. The first-order valence-corrected chi connectivity index (χ1v) is 4.46. The Morgan fingerprint density at radius 2 is 2.07 bits per heavy atom. The maximum Gasteiger partial charge on any atom is 0.133 e. The Hall–Kier alpha value is -2.21. The minimum absolute atomic E-state index is 0.00941. The summed E-state index contributed by atoms with van der Waals surface area (Å²) < 4.78 is 5.08. The van der Waals surface area contributed by atoms with Gasteiger partial charge in [0.05, 0.1) is 7.11 Å². The van der Waals surface area contributed by atoms with Crippen molar-refractivity contribution in [3.8, 4) is 17.6 Å². The Balaban J connectivity index is 2.79. The van der Waals surface area contributed by atoms with E-state index < -0.39 is 0 Å². The van der Waals surface area contributed by atoms with Crippen LogP contribution < -0.4 is 4.74 Å². The quantitative estimate of drug-likeness (QED) is 0.767. The SMILES string of the molecule is COc1ccc2c(C#N)c(O)ccc2c1. The van der Waals surface area contributed by atoms with Crippen LogP contribution in [0.1, 0.15) is 5.56 Å². The maximum absolute atomic E-state index is 9.48. The van der Waals surface area contributed by atoms with E-state index in [1.54, 1.807) is 25.3 Å². The number of hydrogen-bond acceptors (Lipinski definition) is 3. The summed E-state index contributed by atoms with van der Waals surface area (Å²) in [7, 11) is 1.59. The van der Waals surface area contributed by atoms with E-state index in [2.05, 4.69) is 0 Å². The van der Waals surface area contributed by atoms with Crippen molar-refractivity contribution in [1.82, 2.24) is 0 Å². The molecule has 0 radical (unpaired) electrons. The van der Waals surface area contributed by atoms with Crippen LogP contribution in [0.2, 0.25) is 0 Å². The third-order valence-corrected chi connectivity index (χ3v) is 2.32. The summed E-state index contributed by atoms with van der Waals surface area (Å²) in [6.07, 6.45) is 0. The van der Waals surface area contributed by atoms with Gasteiger partial charge in [0, 0.05) is 5.39 Å². The van der Waals surface area contributed by atoms with Crippen LogP contribution in [0.25, 0.3) is 10.8 Å². The molecule has 0 aliphatic rings. The highest BCUT2D eigenvalue weighted by Crippen LogP contribution is 2.28. The van der Waals surface area contributed by atoms with Gasteiger partial charge in [0.1, 0.15) is 23.1 Å². The largest absolute Gasteiger partial charge is 0.507 e. The third kappa shape index (κ3) is 1.46. The number of rotatable bonds is 1. The van der Waals surface area contributed by atoms with Crippen LogP contribution in [0.5, 0.6) is 11.5 Å². The van der Waals surface area contributed by atoms with Crippen molar-refractivity contribution in [1.29, 1.82) is 5.26 Å². The van der Waals surface area contributed by atoms with E-state index in [1.807, 2.05) is 12.1 Å². The van der Waals surface area contributed by atoms with Gasteiger partial charge in [-0.2, -0.15) is 5.26 Å². The molecule has 3 heteroatoms. The van der Waals surface area contributed by atoms with E-state index in [4.69, 9.17) is 10.00 Å². The first-order valence-electron chi connectivity index (χ1n) is 4.46. The lowest BCUT2D eigenvalue weighted by Gasteiger charge is -2.04. The van der Waals surface area contributed by atoms with E-state index in [0.29, 0.717) is 5.56 Å². The molecule has 0 unspecified atom stereocenters. The molecule has 1 N–H and O–H groups in total. The van der Waals surface area contributed by atoms with Gasteiger partial charge < -0.3 is 9.84 Å². The second-order valence-corrected chi connectivity index (χ2v) is 3.16.